The Morgan fingerprint density at radius 2 is 1.20 bits per heavy atom. The van der Waals surface area contributed by atoms with E-state index in [1.165, 1.54) is 33.0 Å². The van der Waals surface area contributed by atoms with Gasteiger partial charge in [-0.05, 0) is 93.7 Å². The molecule has 7 aromatic rings. The maximum absolute atomic E-state index is 5.02. The highest BCUT2D eigenvalue weighted by Crippen LogP contribution is 2.45. The Balaban J connectivity index is 1.09. The highest BCUT2D eigenvalue weighted by Gasteiger charge is 2.34. The topological polar surface area (TPSA) is 34.0 Å². The summed E-state index contributed by atoms with van der Waals surface area (Å²) in [6.07, 6.45) is 8.95. The predicted octanol–water partition coefficient (Wildman–Crippen LogP) is 10.4. The first-order chi connectivity index (χ1) is 22.8. The minimum absolute atomic E-state index is 0.123. The Morgan fingerprint density at radius 1 is 0.522 bits per heavy atom. The fourth-order valence-electron chi connectivity index (χ4n) is 6.91. The first kappa shape index (κ1) is 26.4. The van der Waals surface area contributed by atoms with Gasteiger partial charge in [-0.25, -0.2) is 0 Å². The molecule has 0 bridgehead atoms. The number of aromatic nitrogens is 3. The van der Waals surface area contributed by atoms with Crippen molar-refractivity contribution in [3.05, 3.63) is 180 Å². The summed E-state index contributed by atoms with van der Waals surface area (Å²) in [6.45, 7) is 0. The fourth-order valence-corrected chi connectivity index (χ4v) is 6.91. The van der Waals surface area contributed by atoms with Gasteiger partial charge in [0.15, 0.2) is 0 Å². The summed E-state index contributed by atoms with van der Waals surface area (Å²) in [6, 6.07) is 51.7. The summed E-state index contributed by atoms with van der Waals surface area (Å²) in [7, 11) is 0. The van der Waals surface area contributed by atoms with Crippen molar-refractivity contribution in [1.29, 1.82) is 0 Å². The Labute approximate surface area is 268 Å². The minimum atomic E-state index is 0.123. The molecule has 0 N–H and O–H groups in total. The van der Waals surface area contributed by atoms with E-state index in [-0.39, 0.29) is 11.8 Å². The highest BCUT2D eigenvalue weighted by atomic mass is 15.5. The number of hydrogen-bond donors (Lipinski definition) is 0. The highest BCUT2D eigenvalue weighted by molar-refractivity contribution is 5.88. The van der Waals surface area contributed by atoms with Crippen LogP contribution in [0, 0.1) is 5.92 Å². The molecule has 0 radical (unpaired) electrons. The van der Waals surface area contributed by atoms with Gasteiger partial charge in [-0.1, -0.05) is 109 Å². The molecular formula is C42H30N4. The Morgan fingerprint density at radius 3 is 2.02 bits per heavy atom. The van der Waals surface area contributed by atoms with Crippen molar-refractivity contribution in [3.8, 4) is 16.8 Å². The van der Waals surface area contributed by atoms with Crippen LogP contribution >= 0.6 is 0 Å². The summed E-state index contributed by atoms with van der Waals surface area (Å²) in [5, 5.41) is 12.4. The van der Waals surface area contributed by atoms with Crippen molar-refractivity contribution in [3.63, 3.8) is 0 Å². The summed E-state index contributed by atoms with van der Waals surface area (Å²) >= 11 is 0. The lowest BCUT2D eigenvalue weighted by Gasteiger charge is -2.31. The molecule has 2 aliphatic carbocycles. The largest absolute Gasteiger partial charge is 0.310 e. The molecule has 0 saturated carbocycles. The second-order valence-electron chi connectivity index (χ2n) is 12.0. The lowest BCUT2D eigenvalue weighted by Crippen LogP contribution is -2.19. The summed E-state index contributed by atoms with van der Waals surface area (Å²) in [4.78, 5) is 4.10. The minimum Gasteiger partial charge on any atom is -0.310 e. The molecule has 2 atom stereocenters. The van der Waals surface area contributed by atoms with Gasteiger partial charge in [0, 0.05) is 28.9 Å². The number of nitrogens with zero attached hydrogens (tertiary/aromatic N) is 4. The molecule has 4 nitrogen and oxygen atoms in total. The number of hydrogen-bond acceptors (Lipinski definition) is 3. The number of rotatable bonds is 5. The molecule has 0 fully saturated rings. The zero-order chi connectivity index (χ0) is 30.5. The second-order valence-corrected chi connectivity index (χ2v) is 12.0. The van der Waals surface area contributed by atoms with Crippen LogP contribution in [0.4, 0.5) is 17.1 Å². The van der Waals surface area contributed by atoms with Gasteiger partial charge >= 0.3 is 0 Å². The summed E-state index contributed by atoms with van der Waals surface area (Å²) in [5.74, 6) is 0.373. The fraction of sp³-hybridized carbons (Fsp3) is 0.0476. The van der Waals surface area contributed by atoms with Crippen molar-refractivity contribution in [2.75, 3.05) is 4.90 Å². The summed E-state index contributed by atoms with van der Waals surface area (Å²) in [5.41, 5.74) is 11.2. The van der Waals surface area contributed by atoms with Crippen molar-refractivity contribution in [2.24, 2.45) is 5.92 Å². The van der Waals surface area contributed by atoms with E-state index >= 15 is 0 Å². The molecule has 6 aromatic carbocycles. The van der Waals surface area contributed by atoms with Crippen molar-refractivity contribution < 1.29 is 0 Å². The lowest BCUT2D eigenvalue weighted by atomic mass is 9.74. The molecule has 2 aliphatic rings. The van der Waals surface area contributed by atoms with Gasteiger partial charge in [-0.15, -0.1) is 5.10 Å². The van der Waals surface area contributed by atoms with Crippen molar-refractivity contribution in [2.45, 2.75) is 5.92 Å². The normalized spacial score (nSPS) is 16.1. The molecule has 46 heavy (non-hydrogen) atoms. The molecule has 0 saturated heterocycles. The van der Waals surface area contributed by atoms with Crippen LogP contribution in [0.15, 0.2) is 158 Å². The van der Waals surface area contributed by atoms with Gasteiger partial charge in [0.1, 0.15) is 5.69 Å². The van der Waals surface area contributed by atoms with E-state index in [1.807, 2.05) is 30.3 Å². The van der Waals surface area contributed by atoms with Crippen LogP contribution < -0.4 is 4.90 Å². The van der Waals surface area contributed by atoms with E-state index in [0.717, 1.165) is 34.1 Å². The molecule has 2 unspecified atom stereocenters. The number of fused-ring (bicyclic) bond motifs is 6. The molecule has 0 amide bonds. The second kappa shape index (κ2) is 10.9. The van der Waals surface area contributed by atoms with Crippen LogP contribution in [0.3, 0.4) is 0 Å². The van der Waals surface area contributed by atoms with E-state index in [4.69, 9.17) is 10.2 Å². The zero-order valence-corrected chi connectivity index (χ0v) is 25.1. The van der Waals surface area contributed by atoms with Crippen LogP contribution in [-0.4, -0.2) is 15.0 Å². The van der Waals surface area contributed by atoms with Crippen LogP contribution in [0.2, 0.25) is 0 Å². The van der Waals surface area contributed by atoms with E-state index in [0.29, 0.717) is 0 Å². The third-order valence-corrected chi connectivity index (χ3v) is 9.19. The predicted molar refractivity (Wildman–Crippen MR) is 189 cm³/mol. The summed E-state index contributed by atoms with van der Waals surface area (Å²) < 4.78 is 0. The third kappa shape index (κ3) is 4.54. The standard InChI is InChI=1S/C42H30N4/c1-3-11-35(12-4-1)45(36-22-19-30(20-23-36)33-17-15-29-9-7-8-10-32(29)27-33)38-24-25-39-34(28-38)18-16-31-21-26-40-42(41(31)39)44-46(43-40)37-13-5-2-6-14-37/h1-28,31,41H. The van der Waals surface area contributed by atoms with Crippen LogP contribution in [-0.2, 0) is 0 Å². The molecule has 9 rings (SSSR count). The molecule has 1 heterocycles. The number of para-hydroxylation sites is 2. The number of allylic oxidation sites excluding steroid dienone is 2. The molecule has 0 aliphatic heterocycles. The van der Waals surface area contributed by atoms with Gasteiger partial charge in [0.2, 0.25) is 0 Å². The van der Waals surface area contributed by atoms with E-state index in [9.17, 15) is 0 Å². The van der Waals surface area contributed by atoms with Crippen molar-refractivity contribution in [1.82, 2.24) is 15.0 Å². The first-order valence-electron chi connectivity index (χ1n) is 15.8. The Kier molecular flexibility index (Phi) is 6.24. The van der Waals surface area contributed by atoms with Crippen LogP contribution in [0.1, 0.15) is 28.4 Å². The van der Waals surface area contributed by atoms with Crippen LogP contribution in [0.5, 0.6) is 0 Å². The average molecular weight is 591 g/mol. The van der Waals surface area contributed by atoms with E-state index < -0.39 is 0 Å². The van der Waals surface area contributed by atoms with Gasteiger partial charge in [-0.3, -0.25) is 0 Å². The molecule has 4 heteroatoms. The van der Waals surface area contributed by atoms with Gasteiger partial charge in [0.05, 0.1) is 11.4 Å². The molecule has 0 spiro atoms. The quantitative estimate of drug-likeness (QED) is 0.200. The van der Waals surface area contributed by atoms with E-state index in [2.05, 4.69) is 144 Å². The third-order valence-electron chi connectivity index (χ3n) is 9.19. The smallest absolute Gasteiger partial charge is 0.109 e. The molecule has 1 aromatic heterocycles. The zero-order valence-electron chi connectivity index (χ0n) is 25.1. The first-order valence-corrected chi connectivity index (χ1v) is 15.8. The van der Waals surface area contributed by atoms with E-state index in [1.54, 1.807) is 4.80 Å². The number of benzene rings is 6. The van der Waals surface area contributed by atoms with Gasteiger partial charge < -0.3 is 4.90 Å². The molecule has 218 valence electrons. The van der Waals surface area contributed by atoms with Gasteiger partial charge in [-0.2, -0.15) is 9.90 Å². The van der Waals surface area contributed by atoms with Gasteiger partial charge in [0.25, 0.3) is 0 Å². The average Bonchev–Trinajstić information content (AvgIpc) is 3.57. The number of anilines is 3. The molecular weight excluding hydrogens is 560 g/mol. The Hall–Kier alpha value is -6.00. The monoisotopic (exact) mass is 590 g/mol. The SMILES string of the molecule is C1=CC2C=Cc3nn(-c4ccccc4)nc3C2c2ccc(N(c3ccccc3)c3ccc(-c4ccc5ccccc5c4)cc3)cc21. The lowest BCUT2D eigenvalue weighted by molar-refractivity contribution is 0.638. The van der Waals surface area contributed by atoms with Crippen LogP contribution in [0.25, 0.3) is 39.7 Å². The van der Waals surface area contributed by atoms with Crippen molar-refractivity contribution >= 4 is 40.0 Å². The maximum atomic E-state index is 5.02. The Bertz CT molecular complexity index is 2260. The maximum Gasteiger partial charge on any atom is 0.109 e.